The smallest absolute Gasteiger partial charge is 0.327 e. The number of imidazole rings is 1. The lowest BCUT2D eigenvalue weighted by Gasteiger charge is -2.37. The predicted octanol–water partition coefficient (Wildman–Crippen LogP) is 2.49. The van der Waals surface area contributed by atoms with Gasteiger partial charge in [0.05, 0.1) is 36.7 Å². The highest BCUT2D eigenvalue weighted by molar-refractivity contribution is 6.33. The Morgan fingerprint density at radius 2 is 2.26 bits per heavy atom. The molecule has 0 aliphatic carbocycles. The summed E-state index contributed by atoms with van der Waals surface area (Å²) in [6.45, 7) is 4.56. The van der Waals surface area contributed by atoms with E-state index in [1.54, 1.807) is 16.8 Å². The third-order valence-corrected chi connectivity index (χ3v) is 5.29. The number of hydrogen-bond acceptors (Lipinski definition) is 6. The van der Waals surface area contributed by atoms with Gasteiger partial charge < -0.3 is 19.8 Å². The lowest BCUT2D eigenvalue weighted by Crippen LogP contribution is -2.44. The van der Waals surface area contributed by atoms with Gasteiger partial charge in [0.25, 0.3) is 0 Å². The van der Waals surface area contributed by atoms with Gasteiger partial charge in [-0.25, -0.2) is 9.78 Å². The van der Waals surface area contributed by atoms with Crippen LogP contribution in [0.3, 0.4) is 0 Å². The van der Waals surface area contributed by atoms with Crippen molar-refractivity contribution in [1.29, 1.82) is 0 Å². The Bertz CT molecular complexity index is 1100. The summed E-state index contributed by atoms with van der Waals surface area (Å²) < 4.78 is 12.5. The van der Waals surface area contributed by atoms with Gasteiger partial charge in [-0.3, -0.25) is 4.57 Å². The molecular formula is C18H18ClN5O3. The van der Waals surface area contributed by atoms with Gasteiger partial charge in [-0.05, 0) is 11.6 Å². The van der Waals surface area contributed by atoms with Crippen molar-refractivity contribution in [3.63, 3.8) is 0 Å². The first-order valence-electron chi connectivity index (χ1n) is 8.76. The largest absolute Gasteiger partial charge is 0.493 e. The van der Waals surface area contributed by atoms with E-state index < -0.39 is 0 Å². The van der Waals surface area contributed by atoms with Crippen LogP contribution in [0.5, 0.6) is 5.75 Å². The molecule has 0 spiro atoms. The van der Waals surface area contributed by atoms with Crippen LogP contribution in [0, 0.1) is 5.41 Å². The van der Waals surface area contributed by atoms with Gasteiger partial charge in [0.2, 0.25) is 5.95 Å². The zero-order chi connectivity index (χ0) is 18.6. The minimum atomic E-state index is -0.197. The van der Waals surface area contributed by atoms with Crippen LogP contribution in [0.2, 0.25) is 5.02 Å². The first kappa shape index (κ1) is 16.6. The van der Waals surface area contributed by atoms with E-state index in [1.165, 1.54) is 0 Å². The van der Waals surface area contributed by atoms with Gasteiger partial charge in [-0.1, -0.05) is 18.5 Å². The molecule has 0 unspecified atom stereocenters. The Morgan fingerprint density at radius 1 is 1.41 bits per heavy atom. The van der Waals surface area contributed by atoms with E-state index in [2.05, 4.69) is 27.2 Å². The first-order chi connectivity index (χ1) is 13.0. The predicted molar refractivity (Wildman–Crippen MR) is 101 cm³/mol. The fourth-order valence-corrected chi connectivity index (χ4v) is 3.69. The molecule has 27 heavy (non-hydrogen) atoms. The molecular weight excluding hydrogens is 370 g/mol. The van der Waals surface area contributed by atoms with Gasteiger partial charge in [-0.2, -0.15) is 4.98 Å². The second kappa shape index (κ2) is 5.97. The third-order valence-electron chi connectivity index (χ3n) is 4.98. The van der Waals surface area contributed by atoms with Gasteiger partial charge in [-0.15, -0.1) is 0 Å². The normalized spacial score (nSPS) is 17.4. The number of nitrogens with zero attached hydrogens (tertiary/aromatic N) is 3. The van der Waals surface area contributed by atoms with Crippen LogP contribution in [0.1, 0.15) is 12.5 Å². The fourth-order valence-electron chi connectivity index (χ4n) is 3.49. The molecule has 4 heterocycles. The number of aromatic amines is 1. The minimum absolute atomic E-state index is 0.0548. The number of fused-ring (bicyclic) bond motifs is 2. The van der Waals surface area contributed by atoms with E-state index in [0.29, 0.717) is 54.2 Å². The van der Waals surface area contributed by atoms with E-state index in [-0.39, 0.29) is 11.1 Å². The molecule has 9 heteroatoms. The summed E-state index contributed by atoms with van der Waals surface area (Å²) in [5.41, 5.74) is 2.72. The molecule has 0 atom stereocenters. The zero-order valence-electron chi connectivity index (χ0n) is 14.7. The molecule has 0 saturated carbocycles. The Hall–Kier alpha value is -2.58. The molecule has 8 nitrogen and oxygen atoms in total. The molecule has 0 bridgehead atoms. The first-order valence-corrected chi connectivity index (χ1v) is 9.14. The maximum Gasteiger partial charge on any atom is 0.327 e. The topological polar surface area (TPSA) is 94.1 Å². The molecule has 2 aromatic heterocycles. The van der Waals surface area contributed by atoms with Crippen LogP contribution in [-0.4, -0.2) is 39.3 Å². The van der Waals surface area contributed by atoms with Gasteiger partial charge in [0.1, 0.15) is 11.3 Å². The molecule has 0 amide bonds. The summed E-state index contributed by atoms with van der Waals surface area (Å²) in [6.07, 6.45) is 2.45. The van der Waals surface area contributed by atoms with Crippen LogP contribution >= 0.6 is 11.6 Å². The number of ether oxygens (including phenoxy) is 2. The van der Waals surface area contributed by atoms with E-state index in [4.69, 9.17) is 21.1 Å². The SMILES string of the molecule is CC1(Cn2c(=O)[nH]c3cnc(Nc4cc5c(cc4Cl)OCC5)nc32)COC1. The van der Waals surface area contributed by atoms with Gasteiger partial charge in [0.15, 0.2) is 5.65 Å². The van der Waals surface area contributed by atoms with E-state index in [0.717, 1.165) is 17.7 Å². The minimum Gasteiger partial charge on any atom is -0.493 e. The number of aromatic nitrogens is 4. The van der Waals surface area contributed by atoms with Crippen LogP contribution in [0.25, 0.3) is 11.2 Å². The van der Waals surface area contributed by atoms with Crippen molar-refractivity contribution >= 4 is 34.4 Å². The highest BCUT2D eigenvalue weighted by atomic mass is 35.5. The number of rotatable bonds is 4. The standard InChI is InChI=1S/C18H18ClN5O3/c1-18(8-26-9-18)7-24-15-13(22-17(24)25)6-20-16(23-15)21-12-4-10-2-3-27-14(10)5-11(12)19/h4-6H,2-3,7-9H2,1H3,(H,22,25)(H,20,21,23). The highest BCUT2D eigenvalue weighted by Crippen LogP contribution is 2.35. The summed E-state index contributed by atoms with van der Waals surface area (Å²) in [6, 6.07) is 3.75. The van der Waals surface area contributed by atoms with Gasteiger partial charge in [0, 0.05) is 24.4 Å². The lowest BCUT2D eigenvalue weighted by atomic mass is 9.89. The van der Waals surface area contributed by atoms with Gasteiger partial charge >= 0.3 is 5.69 Å². The summed E-state index contributed by atoms with van der Waals surface area (Å²) in [5, 5.41) is 3.69. The second-order valence-corrected chi connectivity index (χ2v) is 7.82. The number of benzene rings is 1. The second-order valence-electron chi connectivity index (χ2n) is 7.41. The Kier molecular flexibility index (Phi) is 3.66. The molecule has 2 N–H and O–H groups in total. The summed E-state index contributed by atoms with van der Waals surface area (Å²) >= 11 is 6.35. The van der Waals surface area contributed by atoms with Crippen LogP contribution in [0.4, 0.5) is 11.6 Å². The van der Waals surface area contributed by atoms with Crippen molar-refractivity contribution in [3.05, 3.63) is 39.4 Å². The number of hydrogen-bond donors (Lipinski definition) is 2. The summed E-state index contributed by atoms with van der Waals surface area (Å²) in [4.78, 5) is 24.0. The van der Waals surface area contributed by atoms with Crippen molar-refractivity contribution in [3.8, 4) is 5.75 Å². The van der Waals surface area contributed by atoms with Crippen molar-refractivity contribution in [1.82, 2.24) is 19.5 Å². The number of anilines is 2. The molecule has 0 radical (unpaired) electrons. The molecule has 5 rings (SSSR count). The Labute approximate surface area is 159 Å². The zero-order valence-corrected chi connectivity index (χ0v) is 15.5. The monoisotopic (exact) mass is 387 g/mol. The van der Waals surface area contributed by atoms with Crippen LogP contribution in [0.15, 0.2) is 23.1 Å². The molecule has 1 saturated heterocycles. The highest BCUT2D eigenvalue weighted by Gasteiger charge is 2.35. The maximum absolute atomic E-state index is 12.4. The summed E-state index contributed by atoms with van der Waals surface area (Å²) in [5.74, 6) is 1.20. The number of H-pyrrole nitrogens is 1. The molecule has 3 aromatic rings. The van der Waals surface area contributed by atoms with E-state index in [9.17, 15) is 4.79 Å². The average molecular weight is 388 g/mol. The lowest BCUT2D eigenvalue weighted by molar-refractivity contribution is -0.110. The van der Waals surface area contributed by atoms with E-state index in [1.807, 2.05) is 6.07 Å². The van der Waals surface area contributed by atoms with Crippen molar-refractivity contribution in [2.24, 2.45) is 5.41 Å². The number of halogens is 1. The Morgan fingerprint density at radius 3 is 3.04 bits per heavy atom. The Balaban J connectivity index is 1.50. The molecule has 1 fully saturated rings. The third kappa shape index (κ3) is 2.85. The molecule has 140 valence electrons. The van der Waals surface area contributed by atoms with E-state index >= 15 is 0 Å². The fraction of sp³-hybridized carbons (Fsp3) is 0.389. The number of nitrogens with one attached hydrogen (secondary N) is 2. The molecule has 1 aromatic carbocycles. The molecule has 2 aliphatic rings. The van der Waals surface area contributed by atoms with Crippen molar-refractivity contribution in [2.75, 3.05) is 25.1 Å². The maximum atomic E-state index is 12.4. The van der Waals surface area contributed by atoms with Crippen molar-refractivity contribution < 1.29 is 9.47 Å². The van der Waals surface area contributed by atoms with Crippen molar-refractivity contribution in [2.45, 2.75) is 19.9 Å². The van der Waals surface area contributed by atoms with Crippen LogP contribution in [-0.2, 0) is 17.7 Å². The van der Waals surface area contributed by atoms with Crippen LogP contribution < -0.4 is 15.7 Å². The average Bonchev–Trinajstić information content (AvgIpc) is 3.18. The quantitative estimate of drug-likeness (QED) is 0.714. The summed E-state index contributed by atoms with van der Waals surface area (Å²) in [7, 11) is 0. The molecule has 2 aliphatic heterocycles.